The van der Waals surface area contributed by atoms with Gasteiger partial charge >= 0.3 is 12.4 Å². The van der Waals surface area contributed by atoms with Gasteiger partial charge in [0.1, 0.15) is 71.7 Å². The third-order valence-electron chi connectivity index (χ3n) is 17.3. The molecule has 38 heteroatoms. The number of nitrogens with zero attached hydrogens (tertiary/aromatic N) is 4. The van der Waals surface area contributed by atoms with E-state index >= 15 is 0 Å². The number of aliphatic hydroxyl groups is 4. The number of nitro groups is 2. The van der Waals surface area contributed by atoms with Crippen LogP contribution in [0.2, 0.25) is 10.0 Å². The van der Waals surface area contributed by atoms with Crippen LogP contribution in [0.15, 0.2) is 42.7 Å². The standard InChI is InChI=1S/C69H104Cl2F6N10O20/c70-49-21-27-81-66(60(49)68(72,73)74)84-52-42-106-55(64(93)62(52)91)44-101-30-17-13-9-5-1-3-7-11-15-25-79-57(88)23-32-103-40-47(83-59(90)46-105-38-37-100-36-35-99-34-29-78-51-20-19-48(86(95)96)39-54(51)87(97)98)41-104-33-24-58(89)80-26-16-12-8-4-2-6-10-14-18-31-102-45-56-65(94)63(92)53(43-107-56)85-67-61(69(75,76)77)50(71)22-28-82-67/h19-22,27-28,39,47,52-53,55-56,62-65,78,91-94H,1-18,23-26,29-38,40-46H2,(H,79,88)(H,80,89)(H,81,84)(H,82,85)(H,83,90)/t52-,53-,55+,56+,62+,63+,64-,65-/m0/s1. The molecule has 2 aromatic heterocycles. The number of unbranched alkanes of at least 4 members (excludes halogenated alkanes) is 16. The van der Waals surface area contributed by atoms with Crippen LogP contribution in [-0.2, 0) is 69.4 Å². The van der Waals surface area contributed by atoms with Gasteiger partial charge in [0.05, 0.1) is 130 Å². The van der Waals surface area contributed by atoms with Crippen molar-refractivity contribution >= 4 is 69.6 Å². The molecule has 3 aromatic rings. The third-order valence-corrected chi connectivity index (χ3v) is 17.9. The zero-order valence-corrected chi connectivity index (χ0v) is 61.5. The van der Waals surface area contributed by atoms with Gasteiger partial charge in [0, 0.05) is 64.1 Å². The van der Waals surface area contributed by atoms with Crippen molar-refractivity contribution in [1.29, 1.82) is 0 Å². The maximum Gasteiger partial charge on any atom is 0.421 e. The van der Waals surface area contributed by atoms with Crippen LogP contribution in [0.4, 0.5) is 55.0 Å². The molecular formula is C69H104Cl2F6N10O20. The number of amides is 3. The summed E-state index contributed by atoms with van der Waals surface area (Å²) in [4.78, 5) is 66.6. The number of hydrogen-bond acceptors (Lipinski definition) is 25. The van der Waals surface area contributed by atoms with Gasteiger partial charge in [-0.25, -0.2) is 9.97 Å². The van der Waals surface area contributed by atoms with Gasteiger partial charge < -0.3 is 95.0 Å². The van der Waals surface area contributed by atoms with Gasteiger partial charge in [-0.1, -0.05) is 113 Å². The molecule has 2 saturated heterocycles. The van der Waals surface area contributed by atoms with E-state index in [0.717, 1.165) is 152 Å². The molecule has 0 spiro atoms. The van der Waals surface area contributed by atoms with E-state index in [9.17, 15) is 81.4 Å². The van der Waals surface area contributed by atoms with E-state index in [2.05, 4.69) is 41.9 Å². The maximum absolute atomic E-state index is 13.6. The second kappa shape index (κ2) is 51.3. The number of carbonyl (C=O) groups excluding carboxylic acids is 3. The SMILES string of the molecule is O=C(CCOCC(COCCC(=O)NCCCCCCCCCCCOC[C@H]1OC[C@H](Nc2nccc(Cl)c2C(F)(F)F)[C@@H](O)[C@H]1O)NC(=O)COCCOCCOCCNc1ccc([N+](=O)[O-])cc1[N+](=O)[O-])NCCCCCCCCCCCOC[C@H]1OC[C@H](Nc2nccc(Cl)c2C(F)(F)F)[C@@H](O)[C@H]1O. The number of halogens is 8. The molecule has 1 aromatic carbocycles. The van der Waals surface area contributed by atoms with Gasteiger partial charge in [-0.2, -0.15) is 26.3 Å². The number of anilines is 3. The fourth-order valence-corrected chi connectivity index (χ4v) is 11.9. The van der Waals surface area contributed by atoms with E-state index in [0.29, 0.717) is 26.3 Å². The number of hydrogen-bond donors (Lipinski definition) is 10. The summed E-state index contributed by atoms with van der Waals surface area (Å²) in [5, 5.41) is 80.3. The Balaban J connectivity index is 0.864. The van der Waals surface area contributed by atoms with E-state index < -0.39 is 127 Å². The summed E-state index contributed by atoms with van der Waals surface area (Å²) in [6.07, 6.45) is 2.49. The second-order valence-electron chi connectivity index (χ2n) is 25.8. The Hall–Kier alpha value is -6.23. The van der Waals surface area contributed by atoms with Gasteiger partial charge in [0.15, 0.2) is 0 Å². The number of aliphatic hydroxyl groups excluding tert-OH is 4. The van der Waals surface area contributed by atoms with Gasteiger partial charge in [-0.15, -0.1) is 0 Å². The van der Waals surface area contributed by atoms with Crippen LogP contribution in [0, 0.1) is 20.2 Å². The molecule has 5 rings (SSSR count). The van der Waals surface area contributed by atoms with Crippen molar-refractivity contribution in [2.75, 3.05) is 141 Å². The summed E-state index contributed by atoms with van der Waals surface area (Å²) in [6.45, 7) is 2.21. The first kappa shape index (κ1) is 91.4. The van der Waals surface area contributed by atoms with E-state index in [4.69, 9.17) is 65.8 Å². The van der Waals surface area contributed by atoms with Crippen molar-refractivity contribution in [3.05, 3.63) is 84.1 Å². The first-order valence-electron chi connectivity index (χ1n) is 36.3. The van der Waals surface area contributed by atoms with Crippen LogP contribution in [0.5, 0.6) is 0 Å². The highest BCUT2D eigenvalue weighted by atomic mass is 35.5. The molecule has 0 unspecified atom stereocenters. The van der Waals surface area contributed by atoms with Crippen molar-refractivity contribution in [3.8, 4) is 0 Å². The number of aromatic nitrogens is 2. The molecule has 3 amide bonds. The summed E-state index contributed by atoms with van der Waals surface area (Å²) in [5.74, 6) is -1.99. The van der Waals surface area contributed by atoms with Crippen molar-refractivity contribution in [1.82, 2.24) is 25.9 Å². The highest BCUT2D eigenvalue weighted by molar-refractivity contribution is 6.32. The number of carbonyl (C=O) groups is 3. The predicted molar refractivity (Wildman–Crippen MR) is 381 cm³/mol. The number of alkyl halides is 6. The fraction of sp³-hybridized carbons (Fsp3) is 0.725. The molecule has 8 atom stereocenters. The molecule has 2 fully saturated rings. The average Bonchev–Trinajstić information content (AvgIpc) is 0.802. The van der Waals surface area contributed by atoms with Gasteiger partial charge in [-0.05, 0) is 43.9 Å². The molecule has 606 valence electrons. The smallest absolute Gasteiger partial charge is 0.388 e. The third kappa shape index (κ3) is 36.0. The fourth-order valence-electron chi connectivity index (χ4n) is 11.4. The topological polar surface area (TPSA) is 399 Å². The minimum absolute atomic E-state index is 0.000284. The van der Waals surface area contributed by atoms with Gasteiger partial charge in [0.25, 0.3) is 11.4 Å². The largest absolute Gasteiger partial charge is 0.421 e. The first-order valence-corrected chi connectivity index (χ1v) is 37.1. The van der Waals surface area contributed by atoms with Crippen molar-refractivity contribution in [3.63, 3.8) is 0 Å². The second-order valence-corrected chi connectivity index (χ2v) is 26.6. The van der Waals surface area contributed by atoms with E-state index in [1.54, 1.807) is 0 Å². The van der Waals surface area contributed by atoms with Crippen LogP contribution >= 0.6 is 23.2 Å². The Morgan fingerprint density at radius 3 is 1.36 bits per heavy atom. The number of rotatable bonds is 57. The lowest BCUT2D eigenvalue weighted by molar-refractivity contribution is -0.393. The highest BCUT2D eigenvalue weighted by Gasteiger charge is 2.44. The molecule has 10 N–H and O–H groups in total. The van der Waals surface area contributed by atoms with Gasteiger partial charge in [-0.3, -0.25) is 34.6 Å². The Bertz CT molecular complexity index is 2940. The number of nitrogens with one attached hydrogen (secondary N) is 6. The van der Waals surface area contributed by atoms with Gasteiger partial charge in [0.2, 0.25) is 17.7 Å². The summed E-state index contributed by atoms with van der Waals surface area (Å²) < 4.78 is 132. The maximum atomic E-state index is 13.6. The van der Waals surface area contributed by atoms with Crippen LogP contribution < -0.4 is 31.9 Å². The van der Waals surface area contributed by atoms with E-state index in [1.807, 2.05) is 0 Å². The first-order chi connectivity index (χ1) is 51.3. The molecule has 0 saturated carbocycles. The zero-order chi connectivity index (χ0) is 77.8. The molecule has 4 heterocycles. The molecular weight excluding hydrogens is 1470 g/mol. The zero-order valence-electron chi connectivity index (χ0n) is 59.9. The number of nitro benzene ring substituents is 2. The molecule has 0 aliphatic carbocycles. The molecule has 0 radical (unpaired) electrons. The highest BCUT2D eigenvalue weighted by Crippen LogP contribution is 2.41. The van der Waals surface area contributed by atoms with E-state index in [1.165, 1.54) is 6.07 Å². The number of ether oxygens (including phenoxy) is 9. The molecule has 2 aliphatic rings. The monoisotopic (exact) mass is 1580 g/mol. The lowest BCUT2D eigenvalue weighted by Gasteiger charge is -2.38. The lowest BCUT2D eigenvalue weighted by atomic mass is 9.98. The Kier molecular flexibility index (Phi) is 43.8. The van der Waals surface area contributed by atoms with Crippen LogP contribution in [0.1, 0.15) is 140 Å². The normalized spacial score (nSPS) is 19.0. The predicted octanol–water partition coefficient (Wildman–Crippen LogP) is 8.89. The molecule has 0 bridgehead atoms. The van der Waals surface area contributed by atoms with Crippen LogP contribution in [0.25, 0.3) is 0 Å². The Morgan fingerprint density at radius 1 is 0.514 bits per heavy atom. The Labute approximate surface area is 627 Å². The molecule has 30 nitrogen and oxygen atoms in total. The quantitative estimate of drug-likeness (QED) is 0.0109. The lowest BCUT2D eigenvalue weighted by Crippen LogP contribution is -2.57. The Morgan fingerprint density at radius 2 is 0.935 bits per heavy atom. The average molecular weight is 1580 g/mol. The summed E-state index contributed by atoms with van der Waals surface area (Å²) in [5.41, 5.74) is -3.09. The minimum atomic E-state index is -4.80. The van der Waals surface area contributed by atoms with Crippen molar-refractivity contribution < 1.29 is 114 Å². The van der Waals surface area contributed by atoms with E-state index in [-0.39, 0.29) is 129 Å². The van der Waals surface area contributed by atoms with Crippen LogP contribution in [-0.4, -0.2) is 238 Å². The number of pyridine rings is 2. The molecule has 2 aliphatic heterocycles. The number of benzene rings is 1. The van der Waals surface area contributed by atoms with Crippen molar-refractivity contribution in [2.24, 2.45) is 0 Å². The number of non-ortho nitro benzene ring substituents is 1. The summed E-state index contributed by atoms with van der Waals surface area (Å²) in [7, 11) is 0. The van der Waals surface area contributed by atoms with Crippen LogP contribution in [0.3, 0.4) is 0 Å². The summed E-state index contributed by atoms with van der Waals surface area (Å²) >= 11 is 11.5. The van der Waals surface area contributed by atoms with Crippen molar-refractivity contribution in [2.45, 2.75) is 196 Å². The summed E-state index contributed by atoms with van der Waals surface area (Å²) in [6, 6.07) is 2.51. The minimum Gasteiger partial charge on any atom is -0.388 e. The molecule has 107 heavy (non-hydrogen) atoms.